The number of phenolic OH excluding ortho intramolecular Hbond substituents is 1. The molecule has 1 N–H and O–H groups in total. The zero-order valence-electron chi connectivity index (χ0n) is 11.1. The second-order valence-corrected chi connectivity index (χ2v) is 4.88. The number of hydrogen-bond donors (Lipinski definition) is 1. The molecule has 0 aliphatic heterocycles. The first-order chi connectivity index (χ1) is 10.1. The maximum atomic E-state index is 11.4. The molecule has 0 radical (unpaired) electrons. The molecule has 0 heterocycles. The van der Waals surface area contributed by atoms with Gasteiger partial charge in [-0.05, 0) is 29.8 Å². The molecule has 0 fully saturated rings. The molecule has 0 aromatic heterocycles. The third-order valence-electron chi connectivity index (χ3n) is 3.24. The molecule has 1 aliphatic carbocycles. The fraction of sp³-hybridized carbons (Fsp3) is 0.0625. The molecule has 106 valence electrons. The number of carbonyl (C=O) groups is 1. The van der Waals surface area contributed by atoms with Crippen LogP contribution >= 0.6 is 11.6 Å². The lowest BCUT2D eigenvalue weighted by Gasteiger charge is -2.27. The van der Waals surface area contributed by atoms with E-state index in [-0.39, 0.29) is 5.75 Å². The van der Waals surface area contributed by atoms with E-state index in [4.69, 9.17) is 16.3 Å². The minimum absolute atomic E-state index is 0.0953. The molecule has 0 bridgehead atoms. The summed E-state index contributed by atoms with van der Waals surface area (Å²) in [5, 5.41) is 10.1. The third-order valence-corrected chi connectivity index (χ3v) is 3.57. The molecule has 0 saturated heterocycles. The van der Waals surface area contributed by atoms with E-state index in [0.717, 1.165) is 16.7 Å². The van der Waals surface area contributed by atoms with Crippen LogP contribution in [0.3, 0.4) is 0 Å². The van der Waals surface area contributed by atoms with Crippen LogP contribution < -0.4 is 0 Å². The minimum atomic E-state index is -0.816. The van der Waals surface area contributed by atoms with Crippen molar-refractivity contribution in [1.29, 1.82) is 0 Å². The molecule has 2 aromatic rings. The van der Waals surface area contributed by atoms with Gasteiger partial charge in [0.2, 0.25) is 0 Å². The monoisotopic (exact) mass is 302 g/mol. The predicted molar refractivity (Wildman–Crippen MR) is 79.0 cm³/mol. The van der Waals surface area contributed by atoms with Crippen LogP contribution in [0, 0.1) is 0 Å². The van der Waals surface area contributed by atoms with E-state index in [9.17, 15) is 9.90 Å². The van der Waals surface area contributed by atoms with E-state index in [2.05, 4.69) is 4.74 Å². The van der Waals surface area contributed by atoms with E-state index >= 15 is 0 Å². The summed E-state index contributed by atoms with van der Waals surface area (Å²) in [5.74, 6) is 0.443. The van der Waals surface area contributed by atoms with Crippen molar-refractivity contribution in [3.8, 4) is 5.75 Å². The molecule has 0 unspecified atom stereocenters. The molecule has 21 heavy (non-hydrogen) atoms. The summed E-state index contributed by atoms with van der Waals surface area (Å²) in [6.07, 6.45) is -0.816. The summed E-state index contributed by atoms with van der Waals surface area (Å²) >= 11 is 6.21. The number of fused-ring (bicyclic) bond motifs is 1. The Morgan fingerprint density at radius 2 is 1.86 bits per heavy atom. The summed E-state index contributed by atoms with van der Waals surface area (Å²) < 4.78 is 9.71. The normalized spacial score (nSPS) is 12.5. The number of halogens is 1. The number of ether oxygens (including phenoxy) is 2. The summed E-state index contributed by atoms with van der Waals surface area (Å²) in [4.78, 5) is 11.4. The topological polar surface area (TPSA) is 55.8 Å². The van der Waals surface area contributed by atoms with Crippen LogP contribution in [0.15, 0.2) is 42.5 Å². The highest BCUT2D eigenvalue weighted by Crippen LogP contribution is 2.47. The van der Waals surface area contributed by atoms with E-state index in [1.54, 1.807) is 18.2 Å². The van der Waals surface area contributed by atoms with Crippen LogP contribution in [0.2, 0.25) is 5.02 Å². The van der Waals surface area contributed by atoms with Gasteiger partial charge in [0, 0.05) is 21.7 Å². The van der Waals surface area contributed by atoms with Crippen LogP contribution in [-0.2, 0) is 9.47 Å². The lowest BCUT2D eigenvalue weighted by Crippen LogP contribution is -2.14. The van der Waals surface area contributed by atoms with E-state index in [1.807, 2.05) is 18.2 Å². The zero-order valence-corrected chi connectivity index (χ0v) is 11.8. The second kappa shape index (κ2) is 5.14. The molecule has 2 aromatic carbocycles. The Bertz CT molecular complexity index is 765. The maximum Gasteiger partial charge on any atom is 0.513 e. The number of hydrogen-bond acceptors (Lipinski definition) is 4. The first kappa shape index (κ1) is 13.5. The average molecular weight is 303 g/mol. The fourth-order valence-electron chi connectivity index (χ4n) is 2.29. The van der Waals surface area contributed by atoms with E-state index in [1.165, 1.54) is 13.2 Å². The van der Waals surface area contributed by atoms with Gasteiger partial charge in [-0.3, -0.25) is 0 Å². The molecule has 0 amide bonds. The summed E-state index contributed by atoms with van der Waals surface area (Å²) in [5.41, 5.74) is 2.99. The van der Waals surface area contributed by atoms with Crippen LogP contribution in [0.5, 0.6) is 5.75 Å². The van der Waals surface area contributed by atoms with Crippen molar-refractivity contribution in [1.82, 2.24) is 0 Å². The number of benzene rings is 2. The molecule has 4 nitrogen and oxygen atoms in total. The summed E-state index contributed by atoms with van der Waals surface area (Å²) in [7, 11) is 1.24. The Morgan fingerprint density at radius 1 is 1.10 bits per heavy atom. The number of phenols is 1. The smallest absolute Gasteiger partial charge is 0.508 e. The highest BCUT2D eigenvalue weighted by Gasteiger charge is 2.32. The largest absolute Gasteiger partial charge is 0.513 e. The average Bonchev–Trinajstić information content (AvgIpc) is 2.48. The van der Waals surface area contributed by atoms with Crippen molar-refractivity contribution in [2.75, 3.05) is 7.11 Å². The van der Waals surface area contributed by atoms with Crippen molar-refractivity contribution < 1.29 is 19.4 Å². The van der Waals surface area contributed by atoms with Gasteiger partial charge in [-0.15, -0.1) is 0 Å². The number of methoxy groups -OCH3 is 1. The van der Waals surface area contributed by atoms with Crippen molar-refractivity contribution in [3.05, 3.63) is 64.2 Å². The van der Waals surface area contributed by atoms with E-state index in [0.29, 0.717) is 16.3 Å². The Labute approximate surface area is 126 Å². The summed E-state index contributed by atoms with van der Waals surface area (Å²) in [6.45, 7) is 0. The highest BCUT2D eigenvalue weighted by molar-refractivity contribution is 6.33. The Kier molecular flexibility index (Phi) is 3.31. The predicted octanol–water partition coefficient (Wildman–Crippen LogP) is 4.06. The Balaban J connectivity index is 2.13. The Hall–Kier alpha value is -2.46. The van der Waals surface area contributed by atoms with Crippen LogP contribution in [0.1, 0.15) is 16.7 Å². The van der Waals surface area contributed by atoms with E-state index < -0.39 is 6.16 Å². The number of aromatic hydroxyl groups is 1. The Morgan fingerprint density at radius 3 is 2.57 bits per heavy atom. The van der Waals surface area contributed by atoms with Gasteiger partial charge in [-0.25, -0.2) is 4.79 Å². The van der Waals surface area contributed by atoms with Crippen LogP contribution in [-0.4, -0.2) is 18.4 Å². The van der Waals surface area contributed by atoms with Crippen molar-refractivity contribution >= 4 is 29.1 Å². The lowest BCUT2D eigenvalue weighted by atomic mass is 9.82. The number of rotatable bonds is 2. The van der Waals surface area contributed by atoms with Crippen molar-refractivity contribution in [2.45, 2.75) is 0 Å². The van der Waals surface area contributed by atoms with Crippen LogP contribution in [0.4, 0.5) is 4.79 Å². The fourth-order valence-corrected chi connectivity index (χ4v) is 2.53. The molecule has 0 saturated carbocycles. The maximum absolute atomic E-state index is 11.4. The van der Waals surface area contributed by atoms with Gasteiger partial charge in [0.05, 0.1) is 7.11 Å². The first-order valence-electron chi connectivity index (χ1n) is 6.20. The second-order valence-electron chi connectivity index (χ2n) is 4.47. The molecular weight excluding hydrogens is 292 g/mol. The van der Waals surface area contributed by atoms with Crippen molar-refractivity contribution in [2.24, 2.45) is 0 Å². The quantitative estimate of drug-likeness (QED) is 0.850. The van der Waals surface area contributed by atoms with Gasteiger partial charge in [0.25, 0.3) is 0 Å². The highest BCUT2D eigenvalue weighted by atomic mass is 35.5. The molecule has 5 heteroatoms. The SMILES string of the molecule is COC(=O)OC1=C(c2ccccc2Cl)c2ccc(O)cc21. The zero-order chi connectivity index (χ0) is 15.0. The lowest BCUT2D eigenvalue weighted by molar-refractivity contribution is 0.112. The summed E-state index contributed by atoms with van der Waals surface area (Å²) in [6, 6.07) is 12.1. The van der Waals surface area contributed by atoms with Gasteiger partial charge in [0.1, 0.15) is 5.75 Å². The molecule has 3 rings (SSSR count). The van der Waals surface area contributed by atoms with Gasteiger partial charge in [-0.1, -0.05) is 29.8 Å². The standard InChI is InChI=1S/C16H11ClO4/c1-20-16(19)21-15-12-8-9(18)6-7-10(12)14(15)11-4-2-3-5-13(11)17/h2-8,18H,1H3. The third kappa shape index (κ3) is 2.23. The minimum Gasteiger partial charge on any atom is -0.508 e. The van der Waals surface area contributed by atoms with Gasteiger partial charge in [0.15, 0.2) is 5.76 Å². The van der Waals surface area contributed by atoms with Crippen molar-refractivity contribution in [3.63, 3.8) is 0 Å². The molecular formula is C16H11ClO4. The number of carbonyl (C=O) groups excluding carboxylic acids is 1. The molecule has 0 atom stereocenters. The van der Waals surface area contributed by atoms with Crippen LogP contribution in [0.25, 0.3) is 11.3 Å². The van der Waals surface area contributed by atoms with Gasteiger partial charge in [-0.2, -0.15) is 0 Å². The molecule has 1 aliphatic rings. The van der Waals surface area contributed by atoms with Gasteiger partial charge >= 0.3 is 6.16 Å². The first-order valence-corrected chi connectivity index (χ1v) is 6.58. The van der Waals surface area contributed by atoms with Gasteiger partial charge < -0.3 is 14.6 Å². The molecule has 0 spiro atoms.